The standard InChI is InChI=1S/C29H37.C4H10N.2CH3.Si.Ti/c1-4-6-8-12-16-29(17-13-9-7-5-2)27-15-11-10-14-25(27)26-20-23-18-22(3)19-24(23)21-28(26)29;1-4(2,3)5;;;;/h10-11,14-15,18-21H,4-9,12-13,16-17H2,1-3H3;5H,1-3H3;2*1H3;;/q4*-1;;+4. The van der Waals surface area contributed by atoms with Gasteiger partial charge in [-0.3, -0.25) is 0 Å². The maximum absolute atomic E-state index is 6.94. The van der Waals surface area contributed by atoms with Gasteiger partial charge in [0.25, 0.3) is 0 Å². The molecule has 4 rings (SSSR count). The van der Waals surface area contributed by atoms with E-state index in [0.717, 1.165) is 0 Å². The molecule has 4 radical (unpaired) electrons. The van der Waals surface area contributed by atoms with Gasteiger partial charge in [0.15, 0.2) is 0 Å². The summed E-state index contributed by atoms with van der Waals surface area (Å²) in [6.07, 6.45) is 13.4. The Labute approximate surface area is 256 Å². The summed E-state index contributed by atoms with van der Waals surface area (Å²) < 4.78 is 0. The van der Waals surface area contributed by atoms with E-state index < -0.39 is 0 Å². The second kappa shape index (κ2) is 17.6. The third-order valence-electron chi connectivity index (χ3n) is 7.15. The van der Waals surface area contributed by atoms with Crippen molar-refractivity contribution in [2.45, 2.75) is 117 Å². The fraction of sp³-hybridized carbons (Fsp3) is 0.514. The van der Waals surface area contributed by atoms with Crippen LogP contribution in [0.15, 0.2) is 48.5 Å². The average molecular weight is 564 g/mol. The van der Waals surface area contributed by atoms with Crippen molar-refractivity contribution in [3.05, 3.63) is 85.8 Å². The molecule has 0 fully saturated rings. The number of nitrogens with one attached hydrogen (secondary N) is 1. The summed E-state index contributed by atoms with van der Waals surface area (Å²) in [6, 6.07) is 19.1. The zero-order valence-corrected chi connectivity index (χ0v) is 28.3. The number of rotatable bonds is 10. The van der Waals surface area contributed by atoms with Crippen molar-refractivity contribution in [3.8, 4) is 11.1 Å². The van der Waals surface area contributed by atoms with Gasteiger partial charge in [-0.2, -0.15) is 6.07 Å². The summed E-state index contributed by atoms with van der Waals surface area (Å²) in [6.45, 7) is 12.4. The second-order valence-corrected chi connectivity index (χ2v) is 11.6. The first-order valence-corrected chi connectivity index (χ1v) is 13.8. The summed E-state index contributed by atoms with van der Waals surface area (Å²) >= 11 is 0. The minimum absolute atomic E-state index is 0. The van der Waals surface area contributed by atoms with Gasteiger partial charge in [0.2, 0.25) is 0 Å². The van der Waals surface area contributed by atoms with Crippen molar-refractivity contribution in [1.29, 1.82) is 0 Å². The van der Waals surface area contributed by atoms with Gasteiger partial charge in [-0.1, -0.05) is 129 Å². The number of unbranched alkanes of at least 4 members (excludes halogenated alkanes) is 6. The van der Waals surface area contributed by atoms with Crippen LogP contribution in [0.1, 0.15) is 116 Å². The Morgan fingerprint density at radius 2 is 1.29 bits per heavy atom. The maximum Gasteiger partial charge on any atom is 4.00 e. The molecule has 0 unspecified atom stereocenters. The van der Waals surface area contributed by atoms with Gasteiger partial charge in [-0.25, -0.2) is 0 Å². The summed E-state index contributed by atoms with van der Waals surface area (Å²) in [5.74, 6) is 0. The Morgan fingerprint density at radius 1 is 0.763 bits per heavy atom. The molecule has 0 aliphatic heterocycles. The molecule has 3 aromatic carbocycles. The molecule has 1 nitrogen and oxygen atoms in total. The molecule has 0 amide bonds. The Kier molecular flexibility index (Phi) is 18.1. The Bertz CT molecular complexity index is 1040. The van der Waals surface area contributed by atoms with Gasteiger partial charge < -0.3 is 20.6 Å². The van der Waals surface area contributed by atoms with Gasteiger partial charge in [0.1, 0.15) is 0 Å². The van der Waals surface area contributed by atoms with Crippen molar-refractivity contribution in [1.82, 2.24) is 0 Å². The van der Waals surface area contributed by atoms with E-state index in [-0.39, 0.29) is 58.5 Å². The molecule has 0 atom stereocenters. The van der Waals surface area contributed by atoms with Gasteiger partial charge in [0, 0.05) is 16.4 Å². The van der Waals surface area contributed by atoms with Crippen molar-refractivity contribution in [2.24, 2.45) is 0 Å². The summed E-state index contributed by atoms with van der Waals surface area (Å²) in [5.41, 5.74) is 14.5. The van der Waals surface area contributed by atoms with Crippen LogP contribution in [-0.2, 0) is 27.1 Å². The van der Waals surface area contributed by atoms with Crippen LogP contribution in [0, 0.1) is 21.8 Å². The molecule has 3 aromatic rings. The SMILES string of the molecule is CC(C)(C)[NH-].CCCCCCC1(CCCCCC)c2ccccc2-c2cc3cc(C)[cH-]c3cc21.[CH3-].[CH3-].[Si].[Ti+4]. The van der Waals surface area contributed by atoms with Gasteiger partial charge in [-0.15, -0.1) is 34.0 Å². The quantitative estimate of drug-likeness (QED) is 0.133. The molecule has 1 N–H and O–H groups in total. The zero-order valence-electron chi connectivity index (χ0n) is 25.7. The van der Waals surface area contributed by atoms with Crippen LogP contribution in [-0.4, -0.2) is 16.5 Å². The number of hydrogen-bond donors (Lipinski definition) is 0. The van der Waals surface area contributed by atoms with Crippen LogP contribution < -0.4 is 0 Å². The van der Waals surface area contributed by atoms with E-state index in [1.807, 2.05) is 20.8 Å². The molecule has 206 valence electrons. The molecule has 1 aliphatic carbocycles. The Morgan fingerprint density at radius 3 is 1.82 bits per heavy atom. The topological polar surface area (TPSA) is 23.8 Å². The van der Waals surface area contributed by atoms with Crippen molar-refractivity contribution in [3.63, 3.8) is 0 Å². The molecule has 0 heterocycles. The van der Waals surface area contributed by atoms with E-state index >= 15 is 0 Å². The van der Waals surface area contributed by atoms with Crippen molar-refractivity contribution < 1.29 is 21.7 Å². The molecule has 0 saturated heterocycles. The molecule has 0 aromatic heterocycles. The van der Waals surface area contributed by atoms with E-state index in [2.05, 4.69) is 69.3 Å². The van der Waals surface area contributed by atoms with Crippen LogP contribution in [0.3, 0.4) is 0 Å². The predicted octanol–water partition coefficient (Wildman–Crippen LogP) is 11.4. The predicted molar refractivity (Wildman–Crippen MR) is 171 cm³/mol. The fourth-order valence-electron chi connectivity index (χ4n) is 5.69. The van der Waals surface area contributed by atoms with E-state index in [0.29, 0.717) is 0 Å². The average Bonchev–Trinajstić information content (AvgIpc) is 3.27. The molecular weight excluding hydrogens is 510 g/mol. The second-order valence-electron chi connectivity index (χ2n) is 11.6. The third kappa shape index (κ3) is 9.85. The minimum Gasteiger partial charge on any atom is -0.673 e. The maximum atomic E-state index is 6.94. The molecular formula is C35H53NSiTi. The van der Waals surface area contributed by atoms with Crippen LogP contribution in [0.4, 0.5) is 0 Å². The molecule has 3 heteroatoms. The van der Waals surface area contributed by atoms with E-state index in [4.69, 9.17) is 5.73 Å². The first-order valence-electron chi connectivity index (χ1n) is 13.8. The zero-order chi connectivity index (χ0) is 24.8. The number of hydrogen-bond acceptors (Lipinski definition) is 0. The minimum atomic E-state index is -0.250. The number of benzene rings is 2. The summed E-state index contributed by atoms with van der Waals surface area (Å²) in [7, 11) is 0. The monoisotopic (exact) mass is 563 g/mol. The smallest absolute Gasteiger partial charge is 0.673 e. The third-order valence-corrected chi connectivity index (χ3v) is 7.15. The van der Waals surface area contributed by atoms with Gasteiger partial charge in [-0.05, 0) is 29.5 Å². The summed E-state index contributed by atoms with van der Waals surface area (Å²) in [5, 5.41) is 2.84. The first kappa shape index (κ1) is 39.1. The largest absolute Gasteiger partial charge is 4.00 e. The molecule has 1 aliphatic rings. The normalized spacial score (nSPS) is 12.5. The van der Waals surface area contributed by atoms with Crippen LogP contribution in [0.2, 0.25) is 0 Å². The van der Waals surface area contributed by atoms with Crippen LogP contribution in [0.5, 0.6) is 0 Å². The Hall–Kier alpha value is -1.06. The van der Waals surface area contributed by atoms with Gasteiger partial charge >= 0.3 is 21.7 Å². The fourth-order valence-corrected chi connectivity index (χ4v) is 5.69. The molecule has 0 saturated carbocycles. The molecule has 0 spiro atoms. The molecule has 38 heavy (non-hydrogen) atoms. The summed E-state index contributed by atoms with van der Waals surface area (Å²) in [4.78, 5) is 0. The molecule has 0 bridgehead atoms. The van der Waals surface area contributed by atoms with E-state index in [1.54, 1.807) is 11.1 Å². The number of aryl methyl sites for hydroxylation is 1. The first-order chi connectivity index (χ1) is 16.2. The van der Waals surface area contributed by atoms with Crippen LogP contribution >= 0.6 is 0 Å². The van der Waals surface area contributed by atoms with E-state index in [9.17, 15) is 0 Å². The van der Waals surface area contributed by atoms with Crippen LogP contribution in [0.25, 0.3) is 27.6 Å². The van der Waals surface area contributed by atoms with Crippen molar-refractivity contribution in [2.75, 3.05) is 0 Å². The van der Waals surface area contributed by atoms with Gasteiger partial charge in [0.05, 0.1) is 0 Å². The van der Waals surface area contributed by atoms with Crippen molar-refractivity contribution >= 4 is 21.7 Å². The Balaban J connectivity index is 0. The van der Waals surface area contributed by atoms with E-state index in [1.165, 1.54) is 91.7 Å². The number of fused-ring (bicyclic) bond motifs is 4.